The average Bonchev–Trinajstić information content (AvgIpc) is 3.14. The first kappa shape index (κ1) is 15.6. The molecule has 4 rings (SSSR count). The number of halogens is 1. The molecule has 0 unspecified atom stereocenters. The summed E-state index contributed by atoms with van der Waals surface area (Å²) in [5, 5.41) is 3.00. The summed E-state index contributed by atoms with van der Waals surface area (Å²) in [6.07, 6.45) is 1.97. The Morgan fingerprint density at radius 1 is 0.880 bits per heavy atom. The van der Waals surface area contributed by atoms with Crippen LogP contribution in [0.3, 0.4) is 0 Å². The molecule has 1 N–H and O–H groups in total. The minimum Gasteiger partial charge on any atom is -0.367 e. The Bertz CT molecular complexity index is 898. The second kappa shape index (κ2) is 6.16. The fraction of sp³-hybridized carbons (Fsp3) is 0.200. The van der Waals surface area contributed by atoms with Crippen LogP contribution in [0.15, 0.2) is 59.9 Å². The highest BCUT2D eigenvalue weighted by Crippen LogP contribution is 2.31. The Kier molecular flexibility index (Phi) is 3.84. The number of nitrogens with one attached hydrogen (secondary N) is 1. The van der Waals surface area contributed by atoms with Crippen molar-refractivity contribution >= 4 is 17.3 Å². The second-order valence-electron chi connectivity index (χ2n) is 6.26. The molecule has 0 radical (unpaired) electrons. The zero-order valence-corrected chi connectivity index (χ0v) is 13.6. The van der Waals surface area contributed by atoms with Gasteiger partial charge in [-0.3, -0.25) is 9.59 Å². The topological polar surface area (TPSA) is 49.4 Å². The molecule has 0 bridgehead atoms. The highest BCUT2D eigenvalue weighted by Gasteiger charge is 2.36. The predicted octanol–water partition coefficient (Wildman–Crippen LogP) is 3.62. The lowest BCUT2D eigenvalue weighted by Gasteiger charge is -2.28. The Morgan fingerprint density at radius 3 is 2.24 bits per heavy atom. The number of nitrogens with zero attached hydrogens (tertiary/aromatic N) is 1. The van der Waals surface area contributed by atoms with E-state index in [0.717, 1.165) is 25.9 Å². The molecule has 126 valence electrons. The molecule has 1 heterocycles. The van der Waals surface area contributed by atoms with Crippen LogP contribution in [-0.2, 0) is 0 Å². The van der Waals surface area contributed by atoms with Crippen molar-refractivity contribution in [2.45, 2.75) is 12.8 Å². The van der Waals surface area contributed by atoms with Gasteiger partial charge in [-0.1, -0.05) is 30.3 Å². The number of anilines is 1. The molecule has 0 atom stereocenters. The van der Waals surface area contributed by atoms with E-state index in [1.807, 2.05) is 4.90 Å². The van der Waals surface area contributed by atoms with E-state index in [1.54, 1.807) is 36.4 Å². The van der Waals surface area contributed by atoms with Gasteiger partial charge in [0.05, 0.1) is 0 Å². The monoisotopic (exact) mass is 336 g/mol. The quantitative estimate of drug-likeness (QED) is 0.930. The standard InChI is InChI=1S/C20H17FN2O2/c21-13-6-5-7-14(12-13)22-17-18(23-10-3-4-11-23)20(25)16-9-2-1-8-15(16)19(17)24/h1-2,5-9,12,22H,3-4,10-11H2. The van der Waals surface area contributed by atoms with Gasteiger partial charge < -0.3 is 10.2 Å². The average molecular weight is 336 g/mol. The molecule has 0 amide bonds. The molecule has 2 aliphatic rings. The van der Waals surface area contributed by atoms with E-state index in [9.17, 15) is 14.0 Å². The summed E-state index contributed by atoms with van der Waals surface area (Å²) < 4.78 is 13.5. The van der Waals surface area contributed by atoms with Crippen molar-refractivity contribution in [2.24, 2.45) is 0 Å². The molecule has 0 saturated carbocycles. The van der Waals surface area contributed by atoms with Gasteiger partial charge in [-0.15, -0.1) is 0 Å². The van der Waals surface area contributed by atoms with E-state index in [0.29, 0.717) is 22.5 Å². The second-order valence-corrected chi connectivity index (χ2v) is 6.26. The number of Topliss-reactive ketones (excluding diaryl/α,β-unsaturated/α-hetero) is 2. The first-order chi connectivity index (χ1) is 12.1. The number of benzene rings is 2. The number of rotatable bonds is 3. The molecular weight excluding hydrogens is 319 g/mol. The molecule has 4 nitrogen and oxygen atoms in total. The maximum atomic E-state index is 13.5. The summed E-state index contributed by atoms with van der Waals surface area (Å²) in [4.78, 5) is 28.0. The van der Waals surface area contributed by atoms with E-state index < -0.39 is 5.82 Å². The minimum absolute atomic E-state index is 0.156. The molecule has 0 aromatic heterocycles. The van der Waals surface area contributed by atoms with Crippen molar-refractivity contribution in [2.75, 3.05) is 18.4 Å². The summed E-state index contributed by atoms with van der Waals surface area (Å²) in [6, 6.07) is 12.7. The van der Waals surface area contributed by atoms with Gasteiger partial charge in [-0.25, -0.2) is 4.39 Å². The smallest absolute Gasteiger partial charge is 0.212 e. The summed E-state index contributed by atoms with van der Waals surface area (Å²) in [5.74, 6) is -0.791. The van der Waals surface area contributed by atoms with Crippen LogP contribution in [0.4, 0.5) is 10.1 Å². The zero-order chi connectivity index (χ0) is 17.4. The van der Waals surface area contributed by atoms with E-state index in [1.165, 1.54) is 12.1 Å². The predicted molar refractivity (Wildman–Crippen MR) is 93.0 cm³/mol. The Balaban J connectivity index is 1.84. The van der Waals surface area contributed by atoms with Gasteiger partial charge in [0.15, 0.2) is 0 Å². The van der Waals surface area contributed by atoms with Crippen LogP contribution in [0.2, 0.25) is 0 Å². The summed E-state index contributed by atoms with van der Waals surface area (Å²) in [6.45, 7) is 1.48. The fourth-order valence-electron chi connectivity index (χ4n) is 3.43. The SMILES string of the molecule is O=C1C(Nc2cccc(F)c2)=C(N2CCCC2)C(=O)c2ccccc21. The molecule has 1 saturated heterocycles. The molecule has 1 aliphatic carbocycles. The molecule has 2 aromatic rings. The lowest BCUT2D eigenvalue weighted by Crippen LogP contribution is -2.35. The van der Waals surface area contributed by atoms with Crippen LogP contribution >= 0.6 is 0 Å². The van der Waals surface area contributed by atoms with E-state index >= 15 is 0 Å². The highest BCUT2D eigenvalue weighted by molar-refractivity contribution is 6.27. The van der Waals surface area contributed by atoms with Gasteiger partial charge in [0.1, 0.15) is 17.2 Å². The maximum absolute atomic E-state index is 13.5. The highest BCUT2D eigenvalue weighted by atomic mass is 19.1. The summed E-state index contributed by atoms with van der Waals surface area (Å²) in [5.41, 5.74) is 1.89. The van der Waals surface area contributed by atoms with Gasteiger partial charge in [-0.05, 0) is 31.0 Å². The van der Waals surface area contributed by atoms with Gasteiger partial charge in [-0.2, -0.15) is 0 Å². The molecular formula is C20H17FN2O2. The van der Waals surface area contributed by atoms with E-state index in [-0.39, 0.29) is 17.3 Å². The Hall–Kier alpha value is -2.95. The van der Waals surface area contributed by atoms with Gasteiger partial charge in [0.25, 0.3) is 0 Å². The van der Waals surface area contributed by atoms with Crippen molar-refractivity contribution in [1.29, 1.82) is 0 Å². The van der Waals surface area contributed by atoms with Gasteiger partial charge >= 0.3 is 0 Å². The third-order valence-electron chi connectivity index (χ3n) is 4.61. The largest absolute Gasteiger partial charge is 0.367 e. The molecule has 1 fully saturated rings. The third-order valence-corrected chi connectivity index (χ3v) is 4.61. The molecule has 0 spiro atoms. The molecule has 1 aliphatic heterocycles. The number of hydrogen-bond acceptors (Lipinski definition) is 4. The van der Waals surface area contributed by atoms with Crippen molar-refractivity contribution < 1.29 is 14.0 Å². The van der Waals surface area contributed by atoms with Gasteiger partial charge in [0, 0.05) is 29.9 Å². The first-order valence-electron chi connectivity index (χ1n) is 8.35. The lowest BCUT2D eigenvalue weighted by molar-refractivity contribution is 0.0948. The van der Waals surface area contributed by atoms with Gasteiger partial charge in [0.2, 0.25) is 11.6 Å². The van der Waals surface area contributed by atoms with Crippen molar-refractivity contribution in [1.82, 2.24) is 4.90 Å². The van der Waals surface area contributed by atoms with Crippen LogP contribution in [-0.4, -0.2) is 29.6 Å². The molecule has 25 heavy (non-hydrogen) atoms. The summed E-state index contributed by atoms with van der Waals surface area (Å²) >= 11 is 0. The number of carbonyl (C=O) groups is 2. The minimum atomic E-state index is -0.400. The van der Waals surface area contributed by atoms with Crippen LogP contribution < -0.4 is 5.32 Å². The number of fused-ring (bicyclic) bond motifs is 1. The Labute approximate surface area is 145 Å². The van der Waals surface area contributed by atoms with E-state index in [4.69, 9.17) is 0 Å². The Morgan fingerprint density at radius 2 is 1.56 bits per heavy atom. The van der Waals surface area contributed by atoms with Crippen LogP contribution in [0, 0.1) is 5.82 Å². The van der Waals surface area contributed by atoms with Crippen LogP contribution in [0.5, 0.6) is 0 Å². The van der Waals surface area contributed by atoms with Crippen molar-refractivity contribution in [3.63, 3.8) is 0 Å². The number of likely N-dealkylation sites (tertiary alicyclic amines) is 1. The van der Waals surface area contributed by atoms with Crippen molar-refractivity contribution in [3.05, 3.63) is 76.9 Å². The normalized spacial score (nSPS) is 17.1. The van der Waals surface area contributed by atoms with Crippen LogP contribution in [0.1, 0.15) is 33.6 Å². The van der Waals surface area contributed by atoms with Crippen molar-refractivity contribution in [3.8, 4) is 0 Å². The molecule has 2 aromatic carbocycles. The molecule has 5 heteroatoms. The van der Waals surface area contributed by atoms with Crippen LogP contribution in [0.25, 0.3) is 0 Å². The number of hydrogen-bond donors (Lipinski definition) is 1. The number of ketones is 2. The summed E-state index contributed by atoms with van der Waals surface area (Å²) in [7, 11) is 0. The maximum Gasteiger partial charge on any atom is 0.212 e. The van der Waals surface area contributed by atoms with E-state index in [2.05, 4.69) is 5.32 Å². The number of allylic oxidation sites excluding steroid dienone is 2. The third kappa shape index (κ3) is 2.71. The fourth-order valence-corrected chi connectivity index (χ4v) is 3.43. The zero-order valence-electron chi connectivity index (χ0n) is 13.6. The lowest BCUT2D eigenvalue weighted by atomic mass is 9.89. The first-order valence-corrected chi connectivity index (χ1v) is 8.35. The number of carbonyl (C=O) groups excluding carboxylic acids is 2.